The minimum atomic E-state index is -0.885. The number of fused-ring (bicyclic) bond motifs is 1. The van der Waals surface area contributed by atoms with Crippen LogP contribution in [0, 0.1) is 13.8 Å². The minimum Gasteiger partial charge on any atom is -0.507 e. The highest BCUT2D eigenvalue weighted by Gasteiger charge is 2.48. The van der Waals surface area contributed by atoms with Gasteiger partial charge in [-0.1, -0.05) is 29.5 Å². The molecule has 1 fully saturated rings. The predicted molar refractivity (Wildman–Crippen MR) is 149 cm³/mol. The molecule has 1 saturated heterocycles. The maximum Gasteiger partial charge on any atom is 0.301 e. The van der Waals surface area contributed by atoms with Crippen molar-refractivity contribution in [1.82, 2.24) is 4.98 Å². The third-order valence-corrected chi connectivity index (χ3v) is 7.39. The molecule has 1 aliphatic rings. The highest BCUT2D eigenvalue weighted by atomic mass is 32.1. The second kappa shape index (κ2) is 10.3. The number of carbonyl (C=O) groups is 2. The fourth-order valence-electron chi connectivity index (χ4n) is 4.78. The Morgan fingerprint density at radius 2 is 1.68 bits per heavy atom. The lowest BCUT2D eigenvalue weighted by Gasteiger charge is -2.23. The number of aliphatic hydroxyl groups is 1. The van der Waals surface area contributed by atoms with E-state index in [1.54, 1.807) is 30.3 Å². The van der Waals surface area contributed by atoms with Crippen LogP contribution in [-0.4, -0.2) is 35.0 Å². The second-order valence-corrected chi connectivity index (χ2v) is 10.1. The van der Waals surface area contributed by atoms with Crippen LogP contribution >= 0.6 is 11.3 Å². The molecule has 5 rings (SSSR count). The number of ketones is 1. The van der Waals surface area contributed by atoms with Gasteiger partial charge in [0.1, 0.15) is 17.3 Å². The Bertz CT molecular complexity index is 1570. The molecule has 2 heterocycles. The molecule has 1 unspecified atom stereocenters. The lowest BCUT2D eigenvalue weighted by atomic mass is 9.95. The molecule has 1 atom stereocenters. The van der Waals surface area contributed by atoms with Gasteiger partial charge in [0.2, 0.25) is 0 Å². The van der Waals surface area contributed by atoms with Crippen molar-refractivity contribution >= 4 is 44.1 Å². The number of Topliss-reactive ketones (excluding diaryl/α,β-unsaturated/α-hetero) is 1. The van der Waals surface area contributed by atoms with Crippen molar-refractivity contribution in [2.45, 2.75) is 33.7 Å². The molecule has 0 aliphatic carbocycles. The SMILES string of the molecule is CCOc1ccc(/C(O)=C2\C(=O)C(=O)N(c3nc4c(C)cc(C)cc4s3)C2c2cccc(OCC)c2)cc1. The summed E-state index contributed by atoms with van der Waals surface area (Å²) in [7, 11) is 0. The molecule has 38 heavy (non-hydrogen) atoms. The molecule has 4 aromatic rings. The van der Waals surface area contributed by atoms with Gasteiger partial charge in [-0.3, -0.25) is 14.5 Å². The second-order valence-electron chi connectivity index (χ2n) is 9.06. The summed E-state index contributed by atoms with van der Waals surface area (Å²) >= 11 is 1.35. The van der Waals surface area contributed by atoms with E-state index in [0.717, 1.165) is 21.3 Å². The molecule has 1 aromatic heterocycles. The molecule has 194 valence electrons. The number of ether oxygens (including phenoxy) is 2. The molecule has 1 aliphatic heterocycles. The van der Waals surface area contributed by atoms with Gasteiger partial charge in [-0.05, 0) is 86.8 Å². The van der Waals surface area contributed by atoms with Gasteiger partial charge in [0.25, 0.3) is 5.78 Å². The number of aryl methyl sites for hydroxylation is 2. The van der Waals surface area contributed by atoms with Gasteiger partial charge >= 0.3 is 5.91 Å². The molecule has 1 N–H and O–H groups in total. The van der Waals surface area contributed by atoms with E-state index in [4.69, 9.17) is 14.5 Å². The normalized spacial score (nSPS) is 16.8. The number of carbonyl (C=O) groups excluding carboxylic acids is 2. The number of thiazole rings is 1. The van der Waals surface area contributed by atoms with Crippen LogP contribution in [0.15, 0.2) is 66.2 Å². The van der Waals surface area contributed by atoms with Crippen LogP contribution in [0.3, 0.4) is 0 Å². The third kappa shape index (κ3) is 4.52. The van der Waals surface area contributed by atoms with Crippen molar-refractivity contribution in [3.63, 3.8) is 0 Å². The van der Waals surface area contributed by atoms with Crippen LogP contribution in [0.2, 0.25) is 0 Å². The van der Waals surface area contributed by atoms with Crippen LogP contribution in [0.1, 0.15) is 42.1 Å². The maximum atomic E-state index is 13.6. The fourth-order valence-corrected chi connectivity index (χ4v) is 5.95. The summed E-state index contributed by atoms with van der Waals surface area (Å²) < 4.78 is 12.1. The van der Waals surface area contributed by atoms with E-state index in [2.05, 4.69) is 0 Å². The lowest BCUT2D eigenvalue weighted by Crippen LogP contribution is -2.29. The lowest BCUT2D eigenvalue weighted by molar-refractivity contribution is -0.132. The van der Waals surface area contributed by atoms with Gasteiger partial charge in [0.05, 0.1) is 35.0 Å². The number of aromatic nitrogens is 1. The fraction of sp³-hybridized carbons (Fsp3) is 0.233. The number of anilines is 1. The molecule has 0 saturated carbocycles. The van der Waals surface area contributed by atoms with Gasteiger partial charge in [-0.15, -0.1) is 0 Å². The Balaban J connectivity index is 1.70. The van der Waals surface area contributed by atoms with Gasteiger partial charge in [-0.2, -0.15) is 0 Å². The molecule has 3 aromatic carbocycles. The summed E-state index contributed by atoms with van der Waals surface area (Å²) in [6.07, 6.45) is 0. The number of benzene rings is 3. The van der Waals surface area contributed by atoms with Crippen LogP contribution in [0.4, 0.5) is 5.13 Å². The summed E-state index contributed by atoms with van der Waals surface area (Å²) in [6.45, 7) is 8.72. The molecule has 0 radical (unpaired) electrons. The Labute approximate surface area is 225 Å². The van der Waals surface area contributed by atoms with Crippen molar-refractivity contribution in [1.29, 1.82) is 0 Å². The van der Waals surface area contributed by atoms with E-state index >= 15 is 0 Å². The first-order valence-electron chi connectivity index (χ1n) is 12.5. The van der Waals surface area contributed by atoms with Crippen molar-refractivity contribution in [3.8, 4) is 11.5 Å². The highest BCUT2D eigenvalue weighted by molar-refractivity contribution is 7.22. The van der Waals surface area contributed by atoms with Crippen molar-refractivity contribution in [2.75, 3.05) is 18.1 Å². The Hall–Kier alpha value is -4.17. The smallest absolute Gasteiger partial charge is 0.301 e. The van der Waals surface area contributed by atoms with E-state index in [1.165, 1.54) is 16.2 Å². The van der Waals surface area contributed by atoms with Crippen LogP contribution in [0.25, 0.3) is 16.0 Å². The number of rotatable bonds is 7. The Kier molecular flexibility index (Phi) is 6.91. The minimum absolute atomic E-state index is 0.0000306. The summed E-state index contributed by atoms with van der Waals surface area (Å²) in [5, 5.41) is 11.8. The molecular formula is C30H28N2O5S. The molecule has 1 amide bonds. The molecule has 0 bridgehead atoms. The topological polar surface area (TPSA) is 89.0 Å². The quantitative estimate of drug-likeness (QED) is 0.171. The van der Waals surface area contributed by atoms with Crippen LogP contribution in [0.5, 0.6) is 11.5 Å². The first-order chi connectivity index (χ1) is 18.3. The van der Waals surface area contributed by atoms with Crippen molar-refractivity contribution in [3.05, 3.63) is 88.5 Å². The number of hydrogen-bond acceptors (Lipinski definition) is 7. The molecule has 0 spiro atoms. The summed E-state index contributed by atoms with van der Waals surface area (Å²) in [5.74, 6) is -0.514. The third-order valence-electron chi connectivity index (χ3n) is 6.39. The van der Waals surface area contributed by atoms with Gasteiger partial charge in [0, 0.05) is 5.56 Å². The van der Waals surface area contributed by atoms with E-state index in [0.29, 0.717) is 41.0 Å². The summed E-state index contributed by atoms with van der Waals surface area (Å²) in [6, 6.07) is 17.2. The summed E-state index contributed by atoms with van der Waals surface area (Å²) in [5.41, 5.74) is 3.90. The average molecular weight is 529 g/mol. The Morgan fingerprint density at radius 3 is 2.39 bits per heavy atom. The van der Waals surface area contributed by atoms with Gasteiger partial charge in [-0.25, -0.2) is 4.98 Å². The maximum absolute atomic E-state index is 13.6. The number of aliphatic hydroxyl groups excluding tert-OH is 1. The van der Waals surface area contributed by atoms with Crippen molar-refractivity contribution < 1.29 is 24.2 Å². The predicted octanol–water partition coefficient (Wildman–Crippen LogP) is 6.34. The zero-order valence-corrected chi connectivity index (χ0v) is 22.5. The monoisotopic (exact) mass is 528 g/mol. The number of amides is 1. The molecule has 8 heteroatoms. The number of hydrogen-bond donors (Lipinski definition) is 1. The largest absolute Gasteiger partial charge is 0.507 e. The van der Waals surface area contributed by atoms with E-state index in [-0.39, 0.29) is 11.3 Å². The zero-order valence-electron chi connectivity index (χ0n) is 21.6. The first kappa shape index (κ1) is 25.5. The molecular weight excluding hydrogens is 500 g/mol. The van der Waals surface area contributed by atoms with Crippen LogP contribution in [-0.2, 0) is 9.59 Å². The molecule has 7 nitrogen and oxygen atoms in total. The standard InChI is InChI=1S/C30H28N2O5S/c1-5-36-21-12-10-19(11-13-21)27(33)24-26(20-8-7-9-22(16-20)37-6-2)32(29(35)28(24)34)30-31-25-18(4)14-17(3)15-23(25)38-30/h7-16,26,33H,5-6H2,1-4H3/b27-24+. The highest BCUT2D eigenvalue weighted by Crippen LogP contribution is 2.45. The van der Waals surface area contributed by atoms with E-state index in [1.807, 2.05) is 58.0 Å². The van der Waals surface area contributed by atoms with Gasteiger partial charge in [0.15, 0.2) is 5.13 Å². The van der Waals surface area contributed by atoms with E-state index in [9.17, 15) is 14.7 Å². The summed E-state index contributed by atoms with van der Waals surface area (Å²) in [4.78, 5) is 33.2. The van der Waals surface area contributed by atoms with Gasteiger partial charge < -0.3 is 14.6 Å². The van der Waals surface area contributed by atoms with Crippen LogP contribution < -0.4 is 14.4 Å². The first-order valence-corrected chi connectivity index (χ1v) is 13.3. The van der Waals surface area contributed by atoms with Crippen molar-refractivity contribution in [2.24, 2.45) is 0 Å². The average Bonchev–Trinajstić information content (AvgIpc) is 3.43. The Morgan fingerprint density at radius 1 is 0.974 bits per heavy atom. The van der Waals surface area contributed by atoms with E-state index < -0.39 is 17.7 Å². The number of nitrogens with zero attached hydrogens (tertiary/aromatic N) is 2. The zero-order chi connectivity index (χ0) is 27.0.